The third-order valence-electron chi connectivity index (χ3n) is 4.96. The molecule has 0 N–H and O–H groups in total. The van der Waals surface area contributed by atoms with Gasteiger partial charge in [-0.2, -0.15) is 5.10 Å². The Hall–Kier alpha value is -2.47. The number of ether oxygens (including phenoxy) is 1. The van der Waals surface area contributed by atoms with Crippen molar-refractivity contribution >= 4 is 11.2 Å². The van der Waals surface area contributed by atoms with Gasteiger partial charge in [0, 0.05) is 44.0 Å². The van der Waals surface area contributed by atoms with Crippen molar-refractivity contribution in [2.75, 3.05) is 20.2 Å². The lowest BCUT2D eigenvalue weighted by Gasteiger charge is -2.32. The highest BCUT2D eigenvalue weighted by molar-refractivity contribution is 5.73. The molecule has 0 unspecified atom stereocenters. The first-order valence-corrected chi connectivity index (χ1v) is 8.74. The monoisotopic (exact) mass is 337 g/mol. The number of aromatic nitrogens is 4. The number of likely N-dealkylation sites (tertiary alicyclic amines) is 1. The molecule has 3 heterocycles. The van der Waals surface area contributed by atoms with E-state index in [1.165, 1.54) is 5.56 Å². The molecular formula is C19H23N5O. The van der Waals surface area contributed by atoms with E-state index in [-0.39, 0.29) is 0 Å². The zero-order valence-corrected chi connectivity index (χ0v) is 14.7. The number of hydrogen-bond acceptors (Lipinski definition) is 5. The number of aryl methyl sites for hydroxylation is 1. The summed E-state index contributed by atoms with van der Waals surface area (Å²) >= 11 is 0. The van der Waals surface area contributed by atoms with Crippen molar-refractivity contribution < 1.29 is 4.74 Å². The second-order valence-electron chi connectivity index (χ2n) is 6.62. The highest BCUT2D eigenvalue weighted by Gasteiger charge is 2.26. The lowest BCUT2D eigenvalue weighted by atomic mass is 9.94. The second kappa shape index (κ2) is 6.80. The van der Waals surface area contributed by atoms with Gasteiger partial charge < -0.3 is 4.74 Å². The molecule has 0 spiro atoms. The van der Waals surface area contributed by atoms with Crippen molar-refractivity contribution in [3.05, 3.63) is 47.9 Å². The van der Waals surface area contributed by atoms with Crippen LogP contribution in [0.2, 0.25) is 0 Å². The molecule has 1 atom stereocenters. The van der Waals surface area contributed by atoms with Gasteiger partial charge in [0.15, 0.2) is 5.65 Å². The predicted octanol–water partition coefficient (Wildman–Crippen LogP) is 2.75. The zero-order chi connectivity index (χ0) is 17.2. The molecule has 6 nitrogen and oxygen atoms in total. The van der Waals surface area contributed by atoms with E-state index < -0.39 is 0 Å². The Kier molecular flexibility index (Phi) is 4.36. The second-order valence-corrected chi connectivity index (χ2v) is 6.62. The molecule has 1 saturated heterocycles. The molecule has 1 fully saturated rings. The number of benzene rings is 1. The summed E-state index contributed by atoms with van der Waals surface area (Å²) in [6.45, 7) is 2.99. The average Bonchev–Trinajstić information content (AvgIpc) is 3.00. The maximum absolute atomic E-state index is 5.50. The summed E-state index contributed by atoms with van der Waals surface area (Å²) in [6.07, 6.45) is 5.79. The smallest absolute Gasteiger partial charge is 0.176 e. The van der Waals surface area contributed by atoms with E-state index in [9.17, 15) is 0 Å². The average molecular weight is 337 g/mol. The first-order valence-electron chi connectivity index (χ1n) is 8.74. The number of methoxy groups -OCH3 is 1. The normalized spacial score (nSPS) is 18.6. The minimum Gasteiger partial charge on any atom is -0.496 e. The fourth-order valence-electron chi connectivity index (χ4n) is 3.78. The Balaban J connectivity index is 1.56. The fraction of sp³-hybridized carbons (Fsp3) is 0.421. The number of fused-ring (bicyclic) bond motifs is 1. The third-order valence-corrected chi connectivity index (χ3v) is 4.96. The quantitative estimate of drug-likeness (QED) is 0.733. The summed E-state index contributed by atoms with van der Waals surface area (Å²) in [5.74, 6) is 1.35. The Morgan fingerprint density at radius 2 is 2.04 bits per heavy atom. The van der Waals surface area contributed by atoms with E-state index in [1.807, 2.05) is 23.9 Å². The molecule has 4 rings (SSSR count). The number of hydrogen-bond donors (Lipinski definition) is 0. The van der Waals surface area contributed by atoms with Crippen molar-refractivity contribution in [1.82, 2.24) is 24.6 Å². The van der Waals surface area contributed by atoms with Crippen LogP contribution in [0.25, 0.3) is 11.2 Å². The van der Waals surface area contributed by atoms with E-state index in [4.69, 9.17) is 9.84 Å². The van der Waals surface area contributed by atoms with Gasteiger partial charge in [-0.15, -0.1) is 0 Å². The Bertz CT molecular complexity index is 875. The minimum absolute atomic E-state index is 0.392. The van der Waals surface area contributed by atoms with Crippen molar-refractivity contribution in [3.63, 3.8) is 0 Å². The van der Waals surface area contributed by atoms with Crippen LogP contribution in [0, 0.1) is 0 Å². The molecular weight excluding hydrogens is 314 g/mol. The van der Waals surface area contributed by atoms with Crippen LogP contribution in [-0.4, -0.2) is 44.8 Å². The molecule has 6 heteroatoms. The molecule has 0 radical (unpaired) electrons. The number of piperidine rings is 1. The molecule has 1 aromatic carbocycles. The van der Waals surface area contributed by atoms with Crippen LogP contribution in [0.4, 0.5) is 0 Å². The van der Waals surface area contributed by atoms with Crippen molar-refractivity contribution in [2.24, 2.45) is 7.05 Å². The van der Waals surface area contributed by atoms with Crippen LogP contribution in [0.5, 0.6) is 5.75 Å². The SMILES string of the molecule is COc1ccccc1CN1CCC[C@@H](c2nn(C)c3nccnc23)C1. The lowest BCUT2D eigenvalue weighted by Crippen LogP contribution is -2.34. The van der Waals surface area contributed by atoms with Crippen LogP contribution < -0.4 is 4.74 Å². The lowest BCUT2D eigenvalue weighted by molar-refractivity contribution is 0.196. The summed E-state index contributed by atoms with van der Waals surface area (Å²) in [5, 5.41) is 4.73. The van der Waals surface area contributed by atoms with Crippen LogP contribution in [0.1, 0.15) is 30.0 Å². The number of para-hydroxylation sites is 1. The maximum atomic E-state index is 5.50. The van der Waals surface area contributed by atoms with Crippen molar-refractivity contribution in [2.45, 2.75) is 25.3 Å². The summed E-state index contributed by atoms with van der Waals surface area (Å²) in [6, 6.07) is 8.25. The highest BCUT2D eigenvalue weighted by atomic mass is 16.5. The molecule has 0 amide bonds. The van der Waals surface area contributed by atoms with Crippen molar-refractivity contribution in [1.29, 1.82) is 0 Å². The van der Waals surface area contributed by atoms with E-state index in [0.29, 0.717) is 5.92 Å². The van der Waals surface area contributed by atoms with Crippen LogP contribution in [0.15, 0.2) is 36.7 Å². The van der Waals surface area contributed by atoms with Crippen LogP contribution in [-0.2, 0) is 13.6 Å². The minimum atomic E-state index is 0.392. The van der Waals surface area contributed by atoms with Gasteiger partial charge in [-0.25, -0.2) is 14.6 Å². The van der Waals surface area contributed by atoms with Gasteiger partial charge in [-0.1, -0.05) is 18.2 Å². The van der Waals surface area contributed by atoms with Gasteiger partial charge in [-0.05, 0) is 25.5 Å². The van der Waals surface area contributed by atoms with E-state index in [1.54, 1.807) is 19.5 Å². The number of rotatable bonds is 4. The summed E-state index contributed by atoms with van der Waals surface area (Å²) < 4.78 is 7.34. The Morgan fingerprint density at radius 1 is 1.20 bits per heavy atom. The summed E-state index contributed by atoms with van der Waals surface area (Å²) in [4.78, 5) is 11.4. The molecule has 3 aromatic rings. The topological polar surface area (TPSA) is 56.1 Å². The molecule has 0 saturated carbocycles. The molecule has 0 aliphatic carbocycles. The highest BCUT2D eigenvalue weighted by Crippen LogP contribution is 2.31. The van der Waals surface area contributed by atoms with Gasteiger partial charge in [0.2, 0.25) is 0 Å². The van der Waals surface area contributed by atoms with Gasteiger partial charge >= 0.3 is 0 Å². The summed E-state index contributed by atoms with van der Waals surface area (Å²) in [7, 11) is 3.67. The van der Waals surface area contributed by atoms with Gasteiger partial charge in [0.1, 0.15) is 11.3 Å². The van der Waals surface area contributed by atoms with E-state index in [2.05, 4.69) is 27.0 Å². The molecule has 1 aliphatic rings. The molecule has 2 aromatic heterocycles. The maximum Gasteiger partial charge on any atom is 0.176 e. The molecule has 0 bridgehead atoms. The first-order chi connectivity index (χ1) is 12.3. The molecule has 1 aliphatic heterocycles. The van der Waals surface area contributed by atoms with Gasteiger partial charge in [0.25, 0.3) is 0 Å². The Labute approximate surface area is 147 Å². The predicted molar refractivity (Wildman–Crippen MR) is 96.6 cm³/mol. The van der Waals surface area contributed by atoms with Gasteiger partial charge in [0.05, 0.1) is 12.8 Å². The largest absolute Gasteiger partial charge is 0.496 e. The standard InChI is InChI=1S/C19H23N5O/c1-23-19-18(20-9-10-21-19)17(22-23)15-7-5-11-24(13-15)12-14-6-3-4-8-16(14)25-2/h3-4,6,8-10,15H,5,7,11-13H2,1-2H3/t15-/m1/s1. The number of nitrogens with zero attached hydrogens (tertiary/aromatic N) is 5. The van der Waals surface area contributed by atoms with E-state index >= 15 is 0 Å². The van der Waals surface area contributed by atoms with Crippen LogP contribution in [0.3, 0.4) is 0 Å². The first kappa shape index (κ1) is 16.0. The molecule has 130 valence electrons. The fourth-order valence-corrected chi connectivity index (χ4v) is 3.78. The zero-order valence-electron chi connectivity index (χ0n) is 14.7. The third kappa shape index (κ3) is 3.09. The van der Waals surface area contributed by atoms with Crippen LogP contribution >= 0.6 is 0 Å². The molecule has 25 heavy (non-hydrogen) atoms. The van der Waals surface area contributed by atoms with Gasteiger partial charge in [-0.3, -0.25) is 4.90 Å². The van der Waals surface area contributed by atoms with Crippen molar-refractivity contribution in [3.8, 4) is 5.75 Å². The Morgan fingerprint density at radius 3 is 2.92 bits per heavy atom. The van der Waals surface area contributed by atoms with E-state index in [0.717, 1.165) is 55.1 Å². The summed E-state index contributed by atoms with van der Waals surface area (Å²) in [5.41, 5.74) is 4.11.